The van der Waals surface area contributed by atoms with Crippen molar-refractivity contribution < 1.29 is 41.0 Å². The Kier molecular flexibility index (Phi) is 7.46. The Morgan fingerprint density at radius 3 is 2.14 bits per heavy atom. The number of thiazole rings is 2. The highest BCUT2D eigenvalue weighted by Crippen LogP contribution is 2.35. The fourth-order valence-electron chi connectivity index (χ4n) is 3.84. The quantitative estimate of drug-likeness (QED) is 0.152. The second-order valence-corrected chi connectivity index (χ2v) is 10.1. The number of halogens is 6. The first-order chi connectivity index (χ1) is 19.8. The number of hydrogen-bond acceptors (Lipinski definition) is 7. The number of fused-ring (bicyclic) bond motifs is 2. The second-order valence-electron chi connectivity index (χ2n) is 8.43. The monoisotopic (exact) mass is 624 g/mol. The zero-order chi connectivity index (χ0) is 30.2. The lowest BCUT2D eigenvalue weighted by Crippen LogP contribution is -2.14. The zero-order valence-corrected chi connectivity index (χ0v) is 22.1. The van der Waals surface area contributed by atoms with Gasteiger partial charge in [-0.15, -0.1) is 22.7 Å². The molecule has 2 aromatic carbocycles. The minimum atomic E-state index is -4.59. The molecule has 0 fully saturated rings. The predicted molar refractivity (Wildman–Crippen MR) is 143 cm³/mol. The van der Waals surface area contributed by atoms with Gasteiger partial charge in [-0.25, -0.2) is 14.8 Å². The topological polar surface area (TPSA) is 137 Å². The molecule has 0 saturated carbocycles. The zero-order valence-electron chi connectivity index (χ0n) is 20.5. The first-order valence-corrected chi connectivity index (χ1v) is 13.2. The van der Waals surface area contributed by atoms with E-state index in [0.29, 0.717) is 27.9 Å². The average Bonchev–Trinajstić information content (AvgIpc) is 3.73. The van der Waals surface area contributed by atoms with E-state index in [2.05, 4.69) is 30.5 Å². The van der Waals surface area contributed by atoms with Crippen LogP contribution in [-0.2, 0) is 12.4 Å². The molecule has 0 radical (unpaired) electrons. The number of carbonyl (C=O) groups is 2. The van der Waals surface area contributed by atoms with Crippen LogP contribution in [0.5, 0.6) is 0 Å². The molecule has 0 aliphatic carbocycles. The lowest BCUT2D eigenvalue weighted by atomic mass is 9.99. The minimum Gasteiger partial charge on any atom is -0.476 e. The van der Waals surface area contributed by atoms with Crippen molar-refractivity contribution >= 4 is 62.0 Å². The van der Waals surface area contributed by atoms with Gasteiger partial charge >= 0.3 is 18.3 Å². The Morgan fingerprint density at radius 2 is 1.52 bits per heavy atom. The van der Waals surface area contributed by atoms with E-state index >= 15 is 0 Å². The van der Waals surface area contributed by atoms with E-state index in [1.807, 2.05) is 36.5 Å². The Bertz CT molecular complexity index is 1920. The number of H-pyrrole nitrogens is 2. The number of anilines is 1. The average molecular weight is 625 g/mol. The summed E-state index contributed by atoms with van der Waals surface area (Å²) in [5, 5.41) is 19.2. The maximum absolute atomic E-state index is 12.8. The van der Waals surface area contributed by atoms with E-state index in [4.69, 9.17) is 5.11 Å². The summed E-state index contributed by atoms with van der Waals surface area (Å²) in [6.45, 7) is 0. The molecule has 6 rings (SSSR count). The van der Waals surface area contributed by atoms with Gasteiger partial charge in [-0.1, -0.05) is 12.1 Å². The third kappa shape index (κ3) is 5.96. The number of amides is 1. The number of hydrogen-bond donors (Lipinski definition) is 4. The Hall–Kier alpha value is -4.77. The van der Waals surface area contributed by atoms with E-state index in [-0.39, 0.29) is 17.0 Å². The highest BCUT2D eigenvalue weighted by molar-refractivity contribution is 7.10. The summed E-state index contributed by atoms with van der Waals surface area (Å²) in [6, 6.07) is 11.5. The summed E-state index contributed by atoms with van der Waals surface area (Å²) in [6.07, 6.45) is -5.76. The fourth-order valence-corrected chi connectivity index (χ4v) is 5.17. The van der Waals surface area contributed by atoms with Gasteiger partial charge in [-0.3, -0.25) is 9.89 Å². The van der Waals surface area contributed by atoms with Crippen LogP contribution in [0.3, 0.4) is 0 Å². The molecule has 0 aliphatic rings. The van der Waals surface area contributed by atoms with Crippen LogP contribution in [0.4, 0.5) is 32.0 Å². The molecule has 0 spiro atoms. The van der Waals surface area contributed by atoms with Gasteiger partial charge in [0, 0.05) is 33.2 Å². The fraction of sp³-hybridized carbons (Fsp3) is 0.0800. The number of benzene rings is 2. The third-order valence-electron chi connectivity index (χ3n) is 5.66. The smallest absolute Gasteiger partial charge is 0.443 e. The number of nitrogens with zero attached hydrogens (tertiary/aromatic N) is 3. The van der Waals surface area contributed by atoms with E-state index in [0.717, 1.165) is 32.8 Å². The molecule has 0 saturated heterocycles. The standard InChI is InChI=1S/C20H12F3N5OS.C5H2F3NO2S/c21-20(22,23)19-27-17(9-30-19)18(29)26-15-6-10(7-16-13(15)8-25-28-16)11-2-1-3-14-12(11)4-5-24-14;6-5(7,8)4-9-2(1-12-4)3(10)11/h1-9,24H,(H,25,28)(H,26,29);1H,(H,10,11). The maximum atomic E-state index is 12.8. The molecule has 17 heteroatoms. The molecule has 1 amide bonds. The molecule has 9 nitrogen and oxygen atoms in total. The van der Waals surface area contributed by atoms with Gasteiger partial charge < -0.3 is 15.4 Å². The van der Waals surface area contributed by atoms with Crippen LogP contribution in [0.2, 0.25) is 0 Å². The van der Waals surface area contributed by atoms with Gasteiger partial charge in [0.25, 0.3) is 5.91 Å². The molecule has 0 unspecified atom stereocenters. The Labute approximate surface area is 237 Å². The van der Waals surface area contributed by atoms with Gasteiger partial charge in [0.2, 0.25) is 0 Å². The molecule has 0 aliphatic heterocycles. The van der Waals surface area contributed by atoms with Gasteiger partial charge in [-0.05, 0) is 35.4 Å². The van der Waals surface area contributed by atoms with Crippen molar-refractivity contribution in [1.29, 1.82) is 0 Å². The number of carbonyl (C=O) groups excluding carboxylic acids is 1. The first-order valence-electron chi connectivity index (χ1n) is 11.4. The van der Waals surface area contributed by atoms with Gasteiger partial charge in [0.1, 0.15) is 5.69 Å². The lowest BCUT2D eigenvalue weighted by molar-refractivity contribution is -0.138. The number of aromatic carboxylic acids is 1. The number of carboxylic acids is 1. The van der Waals surface area contributed by atoms with Crippen molar-refractivity contribution in [3.05, 3.63) is 81.0 Å². The third-order valence-corrected chi connectivity index (χ3v) is 7.43. The van der Waals surface area contributed by atoms with Crippen LogP contribution in [0.25, 0.3) is 32.9 Å². The number of aromatic nitrogens is 5. The molecular formula is C25H14F6N6O3S2. The van der Waals surface area contributed by atoms with Crippen molar-refractivity contribution in [1.82, 2.24) is 25.1 Å². The maximum Gasteiger partial charge on any atom is 0.443 e. The molecular weight excluding hydrogens is 610 g/mol. The second kappa shape index (κ2) is 10.9. The number of aromatic amines is 2. The van der Waals surface area contributed by atoms with Crippen LogP contribution < -0.4 is 5.32 Å². The number of rotatable bonds is 4. The van der Waals surface area contributed by atoms with Gasteiger partial charge in [0.15, 0.2) is 15.7 Å². The molecule has 0 bridgehead atoms. The molecule has 4 heterocycles. The molecule has 42 heavy (non-hydrogen) atoms. The van der Waals surface area contributed by atoms with Crippen molar-refractivity contribution in [2.24, 2.45) is 0 Å². The largest absolute Gasteiger partial charge is 0.476 e. The summed E-state index contributed by atoms with van der Waals surface area (Å²) >= 11 is 0.652. The Balaban J connectivity index is 0.000000248. The van der Waals surface area contributed by atoms with Crippen molar-refractivity contribution in [3.8, 4) is 11.1 Å². The molecule has 6 aromatic rings. The molecule has 4 aromatic heterocycles. The predicted octanol–water partition coefficient (Wildman–Crippen LogP) is 7.30. The summed E-state index contributed by atoms with van der Waals surface area (Å²) in [4.78, 5) is 32.1. The number of alkyl halides is 6. The van der Waals surface area contributed by atoms with E-state index < -0.39 is 39.9 Å². The number of carboxylic acid groups (broad SMARTS) is 1. The Morgan fingerprint density at radius 1 is 0.857 bits per heavy atom. The van der Waals surface area contributed by atoms with Crippen LogP contribution in [-0.4, -0.2) is 42.1 Å². The minimum absolute atomic E-state index is 0.268. The summed E-state index contributed by atoms with van der Waals surface area (Å²) in [7, 11) is 0. The highest BCUT2D eigenvalue weighted by atomic mass is 32.1. The molecule has 216 valence electrons. The van der Waals surface area contributed by atoms with Crippen molar-refractivity contribution in [2.75, 3.05) is 5.32 Å². The van der Waals surface area contributed by atoms with E-state index in [9.17, 15) is 35.9 Å². The molecule has 4 N–H and O–H groups in total. The van der Waals surface area contributed by atoms with Crippen molar-refractivity contribution in [3.63, 3.8) is 0 Å². The first kappa shape index (κ1) is 28.7. The van der Waals surface area contributed by atoms with Crippen molar-refractivity contribution in [2.45, 2.75) is 12.4 Å². The van der Waals surface area contributed by atoms with Gasteiger partial charge in [-0.2, -0.15) is 31.4 Å². The highest BCUT2D eigenvalue weighted by Gasteiger charge is 2.36. The van der Waals surface area contributed by atoms with Crippen LogP contribution in [0, 0.1) is 0 Å². The van der Waals surface area contributed by atoms with E-state index in [1.54, 1.807) is 12.3 Å². The van der Waals surface area contributed by atoms with Crippen LogP contribution in [0.1, 0.15) is 31.0 Å². The normalized spacial score (nSPS) is 11.9. The van der Waals surface area contributed by atoms with Gasteiger partial charge in [0.05, 0.1) is 17.4 Å². The summed E-state index contributed by atoms with van der Waals surface area (Å²) in [5.74, 6) is -2.18. The molecule has 0 atom stereocenters. The number of nitrogens with one attached hydrogen (secondary N) is 3. The van der Waals surface area contributed by atoms with E-state index in [1.165, 1.54) is 0 Å². The summed E-state index contributed by atoms with van der Waals surface area (Å²) in [5.41, 5.74) is 2.97. The lowest BCUT2D eigenvalue weighted by Gasteiger charge is -2.10. The SMILES string of the molecule is O=C(Nc1cc(-c2cccc3[nH]ccc23)cc2[nH]ncc12)c1csc(C(F)(F)F)n1.O=C(O)c1csc(C(F)(F)F)n1. The van der Waals surface area contributed by atoms with Crippen LogP contribution >= 0.6 is 22.7 Å². The summed E-state index contributed by atoms with van der Waals surface area (Å²) < 4.78 is 73.9. The van der Waals surface area contributed by atoms with Crippen LogP contribution in [0.15, 0.2) is 59.6 Å².